The monoisotopic (exact) mass is 658 g/mol. The SMILES string of the molecule is O=C(O)c1cnn(-c2cccc(-c3cccc(C(F)(F)F)c3OCc3ccc(C4CCN(C(=O)C5CC5)CC4)cc3)n2)c1C(F)(F)F. The number of carbonyl (C=O) groups is 2. The highest BCUT2D eigenvalue weighted by molar-refractivity contribution is 5.89. The van der Waals surface area contributed by atoms with E-state index in [0.717, 1.165) is 49.4 Å². The molecule has 8 nitrogen and oxygen atoms in total. The van der Waals surface area contributed by atoms with Gasteiger partial charge in [0.05, 0.1) is 17.5 Å². The molecule has 1 aliphatic heterocycles. The molecule has 14 heteroatoms. The Morgan fingerprint density at radius 2 is 1.55 bits per heavy atom. The number of amides is 1. The Hall–Kier alpha value is -4.88. The van der Waals surface area contributed by atoms with E-state index in [-0.39, 0.29) is 40.3 Å². The lowest BCUT2D eigenvalue weighted by Gasteiger charge is -2.32. The predicted molar refractivity (Wildman–Crippen MR) is 156 cm³/mol. The second kappa shape index (κ2) is 12.4. The number of ether oxygens (including phenoxy) is 1. The molecule has 0 spiro atoms. The van der Waals surface area contributed by atoms with E-state index in [4.69, 9.17) is 4.74 Å². The lowest BCUT2D eigenvalue weighted by atomic mass is 9.89. The molecule has 3 heterocycles. The van der Waals surface area contributed by atoms with Gasteiger partial charge in [-0.15, -0.1) is 0 Å². The minimum absolute atomic E-state index is 0.134. The number of para-hydroxylation sites is 1. The van der Waals surface area contributed by atoms with E-state index in [1.165, 1.54) is 18.2 Å². The number of pyridine rings is 1. The Morgan fingerprint density at radius 3 is 2.17 bits per heavy atom. The molecule has 0 unspecified atom stereocenters. The van der Waals surface area contributed by atoms with Gasteiger partial charge in [0.15, 0.2) is 11.5 Å². The number of rotatable bonds is 8. The zero-order valence-electron chi connectivity index (χ0n) is 24.7. The summed E-state index contributed by atoms with van der Waals surface area (Å²) in [6, 6.07) is 14.3. The number of hydrogen-bond acceptors (Lipinski definition) is 5. The van der Waals surface area contributed by atoms with Gasteiger partial charge in [0.1, 0.15) is 17.9 Å². The average Bonchev–Trinajstić information content (AvgIpc) is 3.79. The van der Waals surface area contributed by atoms with E-state index in [1.807, 2.05) is 17.0 Å². The molecule has 4 aromatic rings. The van der Waals surface area contributed by atoms with Crippen LogP contribution in [0.5, 0.6) is 5.75 Å². The minimum Gasteiger partial charge on any atom is -0.488 e. The number of aromatic nitrogens is 3. The highest BCUT2D eigenvalue weighted by atomic mass is 19.4. The number of carboxylic acids is 1. The van der Waals surface area contributed by atoms with Crippen LogP contribution in [-0.2, 0) is 23.8 Å². The molecule has 0 atom stereocenters. The Bertz CT molecular complexity index is 1790. The van der Waals surface area contributed by atoms with Gasteiger partial charge < -0.3 is 14.7 Å². The van der Waals surface area contributed by atoms with Crippen molar-refractivity contribution in [2.45, 2.75) is 50.6 Å². The van der Waals surface area contributed by atoms with E-state index in [9.17, 15) is 41.0 Å². The molecule has 2 fully saturated rings. The minimum atomic E-state index is -5.12. The molecular weight excluding hydrogens is 630 g/mol. The second-order valence-electron chi connectivity index (χ2n) is 11.6. The van der Waals surface area contributed by atoms with Gasteiger partial charge in [-0.1, -0.05) is 36.4 Å². The molecule has 0 bridgehead atoms. The smallest absolute Gasteiger partial charge is 0.434 e. The summed E-state index contributed by atoms with van der Waals surface area (Å²) in [4.78, 5) is 29.8. The van der Waals surface area contributed by atoms with Crippen LogP contribution in [0.4, 0.5) is 26.3 Å². The maximum Gasteiger partial charge on any atom is 0.434 e. The number of alkyl halides is 6. The molecule has 0 radical (unpaired) electrons. The average molecular weight is 659 g/mol. The van der Waals surface area contributed by atoms with Crippen molar-refractivity contribution in [1.29, 1.82) is 0 Å². The zero-order chi connectivity index (χ0) is 33.5. The topological polar surface area (TPSA) is 97.5 Å². The van der Waals surface area contributed by atoms with Crippen molar-refractivity contribution in [3.8, 4) is 22.8 Å². The number of carboxylic acid groups (broad SMARTS) is 1. The van der Waals surface area contributed by atoms with E-state index in [0.29, 0.717) is 24.8 Å². The molecule has 1 saturated heterocycles. The van der Waals surface area contributed by atoms with Gasteiger partial charge >= 0.3 is 18.3 Å². The van der Waals surface area contributed by atoms with Crippen molar-refractivity contribution in [2.24, 2.45) is 5.92 Å². The summed E-state index contributed by atoms with van der Waals surface area (Å²) in [6.45, 7) is 1.14. The molecular formula is C33H28F6N4O4. The van der Waals surface area contributed by atoms with E-state index in [1.54, 1.807) is 12.1 Å². The molecule has 2 aromatic carbocycles. The molecule has 47 heavy (non-hydrogen) atoms. The van der Waals surface area contributed by atoms with E-state index in [2.05, 4.69) is 10.1 Å². The van der Waals surface area contributed by atoms with Gasteiger partial charge in [0.2, 0.25) is 5.91 Å². The number of aromatic carboxylic acids is 1. The van der Waals surface area contributed by atoms with Gasteiger partial charge in [-0.2, -0.15) is 31.4 Å². The molecule has 246 valence electrons. The summed E-state index contributed by atoms with van der Waals surface area (Å²) in [5, 5.41) is 12.8. The van der Waals surface area contributed by atoms with Crippen molar-refractivity contribution in [3.63, 3.8) is 0 Å². The molecule has 6 rings (SSSR count). The number of likely N-dealkylation sites (tertiary alicyclic amines) is 1. The summed E-state index contributed by atoms with van der Waals surface area (Å²) in [5.41, 5.74) is -2.42. The van der Waals surface area contributed by atoms with E-state index >= 15 is 0 Å². The van der Waals surface area contributed by atoms with Crippen LogP contribution in [0.2, 0.25) is 0 Å². The Morgan fingerprint density at radius 1 is 0.872 bits per heavy atom. The van der Waals surface area contributed by atoms with Crippen LogP contribution in [0.3, 0.4) is 0 Å². The van der Waals surface area contributed by atoms with Crippen molar-refractivity contribution in [3.05, 3.63) is 94.8 Å². The molecule has 1 N–H and O–H groups in total. The van der Waals surface area contributed by atoms with Crippen LogP contribution in [0.25, 0.3) is 17.1 Å². The maximum atomic E-state index is 14.1. The normalized spacial score (nSPS) is 15.9. The molecule has 2 aromatic heterocycles. The Labute approximate surface area is 264 Å². The van der Waals surface area contributed by atoms with Crippen molar-refractivity contribution >= 4 is 11.9 Å². The Kier molecular flexibility index (Phi) is 8.45. The number of halogens is 6. The fraction of sp³-hybridized carbons (Fsp3) is 0.333. The molecule has 1 aliphatic carbocycles. The van der Waals surface area contributed by atoms with Crippen molar-refractivity contribution in [2.75, 3.05) is 13.1 Å². The maximum absolute atomic E-state index is 14.1. The predicted octanol–water partition coefficient (Wildman–Crippen LogP) is 7.37. The van der Waals surface area contributed by atoms with Gasteiger partial charge in [0.25, 0.3) is 0 Å². The third kappa shape index (κ3) is 6.81. The van der Waals surface area contributed by atoms with Gasteiger partial charge in [-0.05, 0) is 67.0 Å². The number of piperidine rings is 1. The fourth-order valence-electron chi connectivity index (χ4n) is 5.82. The summed E-state index contributed by atoms with van der Waals surface area (Å²) < 4.78 is 89.9. The van der Waals surface area contributed by atoms with Crippen LogP contribution in [0.1, 0.15) is 64.3 Å². The number of benzene rings is 2. The number of hydrogen-bond donors (Lipinski definition) is 1. The highest BCUT2D eigenvalue weighted by Gasteiger charge is 2.41. The summed E-state index contributed by atoms with van der Waals surface area (Å²) in [6.07, 6.45) is -5.85. The van der Waals surface area contributed by atoms with Gasteiger partial charge in [-0.3, -0.25) is 4.79 Å². The molecule has 1 amide bonds. The first-order chi connectivity index (χ1) is 22.3. The third-order valence-electron chi connectivity index (χ3n) is 8.38. The zero-order valence-corrected chi connectivity index (χ0v) is 24.7. The van der Waals surface area contributed by atoms with Crippen LogP contribution in [-0.4, -0.2) is 49.7 Å². The fourth-order valence-corrected chi connectivity index (χ4v) is 5.82. The summed E-state index contributed by atoms with van der Waals surface area (Å²) in [7, 11) is 0. The summed E-state index contributed by atoms with van der Waals surface area (Å²) >= 11 is 0. The third-order valence-corrected chi connectivity index (χ3v) is 8.38. The van der Waals surface area contributed by atoms with Crippen LogP contribution >= 0.6 is 0 Å². The van der Waals surface area contributed by atoms with Crippen molar-refractivity contribution < 1.29 is 45.8 Å². The largest absolute Gasteiger partial charge is 0.488 e. The molecule has 2 aliphatic rings. The van der Waals surface area contributed by atoms with Crippen LogP contribution in [0.15, 0.2) is 66.9 Å². The highest BCUT2D eigenvalue weighted by Crippen LogP contribution is 2.43. The van der Waals surface area contributed by atoms with Gasteiger partial charge in [0, 0.05) is 24.6 Å². The summed E-state index contributed by atoms with van der Waals surface area (Å²) in [5.74, 6) is -2.21. The number of carbonyl (C=O) groups excluding carboxylic acids is 1. The first-order valence-corrected chi connectivity index (χ1v) is 14.9. The second-order valence-corrected chi connectivity index (χ2v) is 11.6. The first-order valence-electron chi connectivity index (χ1n) is 14.9. The number of nitrogens with zero attached hydrogens (tertiary/aromatic N) is 4. The van der Waals surface area contributed by atoms with Crippen LogP contribution in [0, 0.1) is 5.92 Å². The van der Waals surface area contributed by atoms with Gasteiger partial charge in [-0.25, -0.2) is 14.5 Å². The lowest BCUT2D eigenvalue weighted by molar-refractivity contribution is -0.143. The first kappa shape index (κ1) is 32.1. The van der Waals surface area contributed by atoms with Crippen LogP contribution < -0.4 is 4.74 Å². The molecule has 1 saturated carbocycles. The Balaban J connectivity index is 1.24. The quantitative estimate of drug-likeness (QED) is 0.199. The standard InChI is InChI=1S/C33H28F6N4O4/c34-32(35,36)25-4-1-3-23(26-5-2-6-27(41-26)43-29(33(37,38)39)24(17-40-43)31(45)46)28(25)47-18-19-7-9-20(10-8-19)21-13-15-42(16-14-21)30(44)22-11-12-22/h1-10,17,21-22H,11-16,18H2,(H,45,46). The lowest BCUT2D eigenvalue weighted by Crippen LogP contribution is -2.38. The van der Waals surface area contributed by atoms with Crippen molar-refractivity contribution in [1.82, 2.24) is 19.7 Å². The van der Waals surface area contributed by atoms with E-state index < -0.39 is 46.7 Å².